The van der Waals surface area contributed by atoms with Gasteiger partial charge in [0.2, 0.25) is 0 Å². The van der Waals surface area contributed by atoms with Crippen molar-refractivity contribution in [1.82, 2.24) is 0 Å². The van der Waals surface area contributed by atoms with Crippen LogP contribution in [-0.2, 0) is 11.2 Å². The van der Waals surface area contributed by atoms with Gasteiger partial charge in [-0.1, -0.05) is 0 Å². The smallest absolute Gasteiger partial charge is 0.339 e. The van der Waals surface area contributed by atoms with Crippen LogP contribution < -0.4 is 4.74 Å². The Bertz CT molecular complexity index is 737. The summed E-state index contributed by atoms with van der Waals surface area (Å²) in [5.41, 5.74) is -0.229. The van der Waals surface area contributed by atoms with Gasteiger partial charge in [0.05, 0.1) is 6.42 Å². The minimum Gasteiger partial charge on any atom is -0.508 e. The topological polar surface area (TPSA) is 124 Å². The Kier molecular flexibility index (Phi) is 4.17. The average molecular weight is 304 g/mol. The van der Waals surface area contributed by atoms with Crippen LogP contribution in [0.3, 0.4) is 0 Å². The van der Waals surface area contributed by atoms with Gasteiger partial charge in [0.15, 0.2) is 0 Å². The fourth-order valence-corrected chi connectivity index (χ4v) is 1.79. The van der Waals surface area contributed by atoms with E-state index in [1.54, 1.807) is 0 Å². The first-order valence-corrected chi connectivity index (χ1v) is 6.14. The zero-order valence-corrected chi connectivity index (χ0v) is 11.2. The molecule has 2 rings (SSSR count). The van der Waals surface area contributed by atoms with Gasteiger partial charge in [-0.15, -0.1) is 0 Å². The lowest BCUT2D eigenvalue weighted by molar-refractivity contribution is -0.133. The minimum absolute atomic E-state index is 0.0557. The van der Waals surface area contributed by atoms with E-state index in [1.165, 1.54) is 24.3 Å². The number of phenolic OH excluding ortho intramolecular Hbond substituents is 2. The summed E-state index contributed by atoms with van der Waals surface area (Å²) in [7, 11) is 0. The standard InChI is InChI=1S/C15H12O7/c16-9-1-3-12(17)8(5-9)6-14(19)22-10-2-4-13(18)11(7-10)15(20)21/h1-5,7,16-18H,6H2,(H,20,21). The Balaban J connectivity index is 2.14. The van der Waals surface area contributed by atoms with Crippen LogP contribution in [0.15, 0.2) is 36.4 Å². The van der Waals surface area contributed by atoms with Gasteiger partial charge in [-0.2, -0.15) is 0 Å². The molecule has 7 nitrogen and oxygen atoms in total. The molecule has 0 aliphatic rings. The quantitative estimate of drug-likeness (QED) is 0.384. The highest BCUT2D eigenvalue weighted by Gasteiger charge is 2.14. The molecular formula is C15H12O7. The average Bonchev–Trinajstić information content (AvgIpc) is 2.44. The molecule has 0 saturated carbocycles. The molecule has 4 N–H and O–H groups in total. The third kappa shape index (κ3) is 3.45. The number of aromatic hydroxyl groups is 3. The second-order valence-electron chi connectivity index (χ2n) is 4.45. The van der Waals surface area contributed by atoms with Crippen molar-refractivity contribution in [3.05, 3.63) is 47.5 Å². The van der Waals surface area contributed by atoms with E-state index >= 15 is 0 Å². The van der Waals surface area contributed by atoms with E-state index in [4.69, 9.17) is 9.84 Å². The van der Waals surface area contributed by atoms with E-state index in [0.717, 1.165) is 12.1 Å². The predicted octanol–water partition coefficient (Wildman–Crippen LogP) is 1.65. The summed E-state index contributed by atoms with van der Waals surface area (Å²) in [6.45, 7) is 0. The van der Waals surface area contributed by atoms with Gasteiger partial charge in [-0.3, -0.25) is 4.79 Å². The number of carbonyl (C=O) groups is 2. The van der Waals surface area contributed by atoms with Crippen molar-refractivity contribution in [2.24, 2.45) is 0 Å². The maximum absolute atomic E-state index is 11.8. The predicted molar refractivity (Wildman–Crippen MR) is 74.2 cm³/mol. The summed E-state index contributed by atoms with van der Waals surface area (Å²) in [6.07, 6.45) is -0.316. The Labute approximate surface area is 124 Å². The van der Waals surface area contributed by atoms with Crippen molar-refractivity contribution < 1.29 is 34.8 Å². The van der Waals surface area contributed by atoms with E-state index in [1.807, 2.05) is 0 Å². The molecule has 0 radical (unpaired) electrons. The number of hydrogen-bond donors (Lipinski definition) is 4. The summed E-state index contributed by atoms with van der Waals surface area (Å²) in [5.74, 6) is -2.91. The van der Waals surface area contributed by atoms with E-state index in [0.29, 0.717) is 0 Å². The van der Waals surface area contributed by atoms with Crippen LogP contribution in [0.5, 0.6) is 23.0 Å². The zero-order chi connectivity index (χ0) is 16.3. The number of benzene rings is 2. The monoisotopic (exact) mass is 304 g/mol. The van der Waals surface area contributed by atoms with Gasteiger partial charge < -0.3 is 25.2 Å². The lowest BCUT2D eigenvalue weighted by Crippen LogP contribution is -2.12. The highest BCUT2D eigenvalue weighted by atomic mass is 16.5. The first-order valence-electron chi connectivity index (χ1n) is 6.14. The molecule has 2 aromatic rings. The second-order valence-corrected chi connectivity index (χ2v) is 4.45. The Morgan fingerprint density at radius 3 is 2.32 bits per heavy atom. The lowest BCUT2D eigenvalue weighted by atomic mass is 10.1. The molecule has 0 saturated heterocycles. The number of hydrogen-bond acceptors (Lipinski definition) is 6. The highest BCUT2D eigenvalue weighted by Crippen LogP contribution is 2.25. The maximum atomic E-state index is 11.8. The van der Waals surface area contributed by atoms with Gasteiger partial charge in [-0.05, 0) is 36.4 Å². The molecule has 0 aliphatic heterocycles. The van der Waals surface area contributed by atoms with E-state index < -0.39 is 23.3 Å². The molecule has 0 unspecified atom stereocenters. The number of carbonyl (C=O) groups excluding carboxylic acids is 1. The molecule has 0 amide bonds. The molecule has 114 valence electrons. The van der Waals surface area contributed by atoms with Crippen molar-refractivity contribution >= 4 is 11.9 Å². The maximum Gasteiger partial charge on any atom is 0.339 e. The first kappa shape index (κ1) is 15.2. The van der Waals surface area contributed by atoms with Crippen molar-refractivity contribution in [3.8, 4) is 23.0 Å². The van der Waals surface area contributed by atoms with Crippen LogP contribution in [-0.4, -0.2) is 32.4 Å². The van der Waals surface area contributed by atoms with Crippen molar-refractivity contribution in [3.63, 3.8) is 0 Å². The SMILES string of the molecule is O=C(Cc1cc(O)ccc1O)Oc1ccc(O)c(C(=O)O)c1. The van der Waals surface area contributed by atoms with E-state index in [-0.39, 0.29) is 29.2 Å². The second kappa shape index (κ2) is 6.04. The summed E-state index contributed by atoms with van der Waals surface area (Å²) in [6, 6.07) is 7.07. The molecule has 7 heteroatoms. The van der Waals surface area contributed by atoms with Crippen LogP contribution in [0.2, 0.25) is 0 Å². The van der Waals surface area contributed by atoms with Crippen LogP contribution in [0.1, 0.15) is 15.9 Å². The third-order valence-corrected chi connectivity index (χ3v) is 2.83. The molecule has 0 aliphatic carbocycles. The largest absolute Gasteiger partial charge is 0.508 e. The van der Waals surface area contributed by atoms with E-state index in [2.05, 4.69) is 0 Å². The number of esters is 1. The number of phenols is 3. The van der Waals surface area contributed by atoms with Gasteiger partial charge in [-0.25, -0.2) is 4.79 Å². The van der Waals surface area contributed by atoms with Crippen molar-refractivity contribution in [2.45, 2.75) is 6.42 Å². The first-order chi connectivity index (χ1) is 10.4. The van der Waals surface area contributed by atoms with Gasteiger partial charge >= 0.3 is 11.9 Å². The summed E-state index contributed by atoms with van der Waals surface area (Å²) >= 11 is 0. The molecule has 0 fully saturated rings. The van der Waals surface area contributed by atoms with Crippen molar-refractivity contribution in [1.29, 1.82) is 0 Å². The Hall–Kier alpha value is -3.22. The van der Waals surface area contributed by atoms with E-state index in [9.17, 15) is 24.9 Å². The number of rotatable bonds is 4. The normalized spacial score (nSPS) is 10.2. The summed E-state index contributed by atoms with van der Waals surface area (Å²) in [4.78, 5) is 22.7. The molecule has 0 spiro atoms. The van der Waals surface area contributed by atoms with Gasteiger partial charge in [0, 0.05) is 5.56 Å². The number of carboxylic acids is 1. The molecule has 0 bridgehead atoms. The summed E-state index contributed by atoms with van der Waals surface area (Å²) in [5, 5.41) is 37.1. The Morgan fingerprint density at radius 1 is 0.955 bits per heavy atom. The molecular weight excluding hydrogens is 292 g/mol. The highest BCUT2D eigenvalue weighted by molar-refractivity contribution is 5.91. The molecule has 2 aromatic carbocycles. The fraction of sp³-hybridized carbons (Fsp3) is 0.0667. The van der Waals surface area contributed by atoms with Crippen LogP contribution in [0.4, 0.5) is 0 Å². The molecule has 0 heterocycles. The van der Waals surface area contributed by atoms with Crippen LogP contribution in [0.25, 0.3) is 0 Å². The lowest BCUT2D eigenvalue weighted by Gasteiger charge is -2.07. The molecule has 0 aromatic heterocycles. The summed E-state index contributed by atoms with van der Waals surface area (Å²) < 4.78 is 4.95. The Morgan fingerprint density at radius 2 is 1.64 bits per heavy atom. The number of aromatic carboxylic acids is 1. The molecule has 0 atom stereocenters. The van der Waals surface area contributed by atoms with Crippen LogP contribution in [0, 0.1) is 0 Å². The van der Waals surface area contributed by atoms with Crippen molar-refractivity contribution in [2.75, 3.05) is 0 Å². The van der Waals surface area contributed by atoms with Gasteiger partial charge in [0.1, 0.15) is 28.6 Å². The zero-order valence-electron chi connectivity index (χ0n) is 11.2. The van der Waals surface area contributed by atoms with Crippen LogP contribution >= 0.6 is 0 Å². The number of carboxylic acid groups (broad SMARTS) is 1. The van der Waals surface area contributed by atoms with Gasteiger partial charge in [0.25, 0.3) is 0 Å². The fourth-order valence-electron chi connectivity index (χ4n) is 1.79. The number of ether oxygens (including phenoxy) is 1. The third-order valence-electron chi connectivity index (χ3n) is 2.83. The molecule has 22 heavy (non-hydrogen) atoms. The minimum atomic E-state index is -1.36.